The van der Waals surface area contributed by atoms with Gasteiger partial charge in [-0.15, -0.1) is 0 Å². The fourth-order valence-corrected chi connectivity index (χ4v) is 2.93. The average molecular weight is 298 g/mol. The molecule has 114 valence electrons. The fraction of sp³-hybridized carbons (Fsp3) is 0.222. The zero-order valence-electron chi connectivity index (χ0n) is 12.2. The van der Waals surface area contributed by atoms with E-state index >= 15 is 0 Å². The van der Waals surface area contributed by atoms with Gasteiger partial charge in [-0.25, -0.2) is 4.39 Å². The Labute approximate surface area is 128 Å². The minimum Gasteiger partial charge on any atom is -0.391 e. The summed E-state index contributed by atoms with van der Waals surface area (Å²) in [5, 5.41) is 11.6. The Kier molecular flexibility index (Phi) is 4.22. The van der Waals surface area contributed by atoms with Crippen LogP contribution in [0.4, 0.5) is 4.39 Å². The van der Waals surface area contributed by atoms with E-state index in [9.17, 15) is 9.50 Å². The minimum atomic E-state index is -0.678. The second kappa shape index (κ2) is 6.30. The SMILES string of the molecule is NCCC(O)C(c1cccc(F)c1)n1ccc2ccccc21. The maximum absolute atomic E-state index is 13.6. The van der Waals surface area contributed by atoms with E-state index < -0.39 is 6.10 Å². The van der Waals surface area contributed by atoms with Gasteiger partial charge in [0.15, 0.2) is 0 Å². The van der Waals surface area contributed by atoms with Crippen LogP contribution in [0.1, 0.15) is 18.0 Å². The van der Waals surface area contributed by atoms with Crippen molar-refractivity contribution < 1.29 is 9.50 Å². The number of aliphatic hydroxyl groups is 1. The first-order valence-corrected chi connectivity index (χ1v) is 7.40. The molecule has 0 saturated carbocycles. The van der Waals surface area contributed by atoms with Crippen LogP contribution in [-0.2, 0) is 0 Å². The standard InChI is InChI=1S/C18H19FN2O/c19-15-6-3-5-14(12-15)18(17(22)8-10-20)21-11-9-13-4-1-2-7-16(13)21/h1-7,9,11-12,17-18,22H,8,10,20H2. The number of rotatable bonds is 5. The van der Waals surface area contributed by atoms with Crippen LogP contribution < -0.4 is 5.73 Å². The number of para-hydroxylation sites is 1. The molecule has 0 radical (unpaired) electrons. The van der Waals surface area contributed by atoms with Crippen LogP contribution in [0.2, 0.25) is 0 Å². The van der Waals surface area contributed by atoms with Gasteiger partial charge in [-0.3, -0.25) is 0 Å². The van der Waals surface area contributed by atoms with Gasteiger partial charge in [0.2, 0.25) is 0 Å². The largest absolute Gasteiger partial charge is 0.391 e. The molecule has 2 unspecified atom stereocenters. The molecule has 0 aliphatic carbocycles. The third kappa shape index (κ3) is 2.75. The molecule has 3 rings (SSSR count). The van der Waals surface area contributed by atoms with E-state index in [-0.39, 0.29) is 11.9 Å². The highest BCUT2D eigenvalue weighted by Crippen LogP contribution is 2.29. The Balaban J connectivity index is 2.13. The molecule has 0 saturated heterocycles. The van der Waals surface area contributed by atoms with Gasteiger partial charge in [-0.2, -0.15) is 0 Å². The molecule has 2 atom stereocenters. The Hall–Kier alpha value is -2.17. The van der Waals surface area contributed by atoms with Gasteiger partial charge in [0.1, 0.15) is 5.82 Å². The van der Waals surface area contributed by atoms with E-state index in [1.54, 1.807) is 6.07 Å². The summed E-state index contributed by atoms with van der Waals surface area (Å²) in [7, 11) is 0. The first-order valence-electron chi connectivity index (χ1n) is 7.40. The molecule has 4 heteroatoms. The number of fused-ring (bicyclic) bond motifs is 1. The maximum Gasteiger partial charge on any atom is 0.123 e. The lowest BCUT2D eigenvalue weighted by atomic mass is 9.98. The van der Waals surface area contributed by atoms with Crippen molar-refractivity contribution in [3.63, 3.8) is 0 Å². The van der Waals surface area contributed by atoms with Gasteiger partial charge in [-0.05, 0) is 48.2 Å². The summed E-state index contributed by atoms with van der Waals surface area (Å²) in [6.07, 6.45) is 1.70. The molecule has 1 heterocycles. The third-order valence-corrected chi connectivity index (χ3v) is 3.95. The van der Waals surface area contributed by atoms with E-state index in [4.69, 9.17) is 5.73 Å². The predicted octanol–water partition coefficient (Wildman–Crippen LogP) is 3.08. The fourth-order valence-electron chi connectivity index (χ4n) is 2.93. The van der Waals surface area contributed by atoms with Crippen molar-refractivity contribution in [2.75, 3.05) is 6.54 Å². The van der Waals surface area contributed by atoms with Gasteiger partial charge in [0.05, 0.1) is 12.1 Å². The topological polar surface area (TPSA) is 51.2 Å². The molecule has 2 aromatic carbocycles. The number of aliphatic hydroxyl groups excluding tert-OH is 1. The summed E-state index contributed by atoms with van der Waals surface area (Å²) in [4.78, 5) is 0. The lowest BCUT2D eigenvalue weighted by Crippen LogP contribution is -2.27. The number of hydrogen-bond donors (Lipinski definition) is 2. The predicted molar refractivity (Wildman–Crippen MR) is 86.2 cm³/mol. The van der Waals surface area contributed by atoms with Crippen molar-refractivity contribution in [1.82, 2.24) is 4.57 Å². The van der Waals surface area contributed by atoms with Gasteiger partial charge >= 0.3 is 0 Å². The lowest BCUT2D eigenvalue weighted by molar-refractivity contribution is 0.125. The molecule has 3 aromatic rings. The number of nitrogens with zero attached hydrogens (tertiary/aromatic N) is 1. The van der Waals surface area contributed by atoms with E-state index in [2.05, 4.69) is 0 Å². The molecule has 3 nitrogen and oxygen atoms in total. The average Bonchev–Trinajstić information content (AvgIpc) is 2.92. The smallest absolute Gasteiger partial charge is 0.123 e. The van der Waals surface area contributed by atoms with Crippen LogP contribution in [0, 0.1) is 5.82 Å². The third-order valence-electron chi connectivity index (χ3n) is 3.95. The Morgan fingerprint density at radius 3 is 2.68 bits per heavy atom. The van der Waals surface area contributed by atoms with E-state index in [0.717, 1.165) is 16.5 Å². The number of hydrogen-bond acceptors (Lipinski definition) is 2. The van der Waals surface area contributed by atoms with Crippen LogP contribution >= 0.6 is 0 Å². The molecule has 0 aliphatic rings. The Bertz CT molecular complexity index is 768. The van der Waals surface area contributed by atoms with Crippen LogP contribution in [0.5, 0.6) is 0 Å². The molecular formula is C18H19FN2O. The van der Waals surface area contributed by atoms with Gasteiger partial charge in [0.25, 0.3) is 0 Å². The summed E-state index contributed by atoms with van der Waals surface area (Å²) in [6.45, 7) is 0.381. The summed E-state index contributed by atoms with van der Waals surface area (Å²) in [5.41, 5.74) is 7.34. The molecule has 1 aromatic heterocycles. The summed E-state index contributed by atoms with van der Waals surface area (Å²) in [6, 6.07) is 16.0. The van der Waals surface area contributed by atoms with Crippen molar-refractivity contribution >= 4 is 10.9 Å². The molecule has 0 amide bonds. The first-order chi connectivity index (χ1) is 10.7. The van der Waals surface area contributed by atoms with Crippen LogP contribution in [0.15, 0.2) is 60.8 Å². The monoisotopic (exact) mass is 298 g/mol. The van der Waals surface area contributed by atoms with Crippen LogP contribution in [0.3, 0.4) is 0 Å². The normalized spacial score (nSPS) is 14.1. The minimum absolute atomic E-state index is 0.307. The molecule has 22 heavy (non-hydrogen) atoms. The Morgan fingerprint density at radius 1 is 1.09 bits per heavy atom. The second-order valence-corrected chi connectivity index (χ2v) is 5.43. The van der Waals surface area contributed by atoms with Crippen molar-refractivity contribution in [2.24, 2.45) is 5.73 Å². The molecule has 0 aliphatic heterocycles. The van der Waals surface area contributed by atoms with E-state index in [0.29, 0.717) is 13.0 Å². The highest BCUT2D eigenvalue weighted by atomic mass is 19.1. The highest BCUT2D eigenvalue weighted by molar-refractivity contribution is 5.80. The summed E-state index contributed by atoms with van der Waals surface area (Å²) >= 11 is 0. The Morgan fingerprint density at radius 2 is 1.91 bits per heavy atom. The zero-order chi connectivity index (χ0) is 15.5. The zero-order valence-corrected chi connectivity index (χ0v) is 12.2. The lowest BCUT2D eigenvalue weighted by Gasteiger charge is -2.26. The van der Waals surface area contributed by atoms with Crippen molar-refractivity contribution in [3.8, 4) is 0 Å². The summed E-state index contributed by atoms with van der Waals surface area (Å²) < 4.78 is 15.6. The summed E-state index contributed by atoms with van der Waals surface area (Å²) in [5.74, 6) is -0.307. The van der Waals surface area contributed by atoms with Crippen molar-refractivity contribution in [2.45, 2.75) is 18.6 Å². The van der Waals surface area contributed by atoms with Gasteiger partial charge < -0.3 is 15.4 Å². The second-order valence-electron chi connectivity index (χ2n) is 5.43. The van der Waals surface area contributed by atoms with Crippen LogP contribution in [-0.4, -0.2) is 22.3 Å². The van der Waals surface area contributed by atoms with Crippen LogP contribution in [0.25, 0.3) is 10.9 Å². The number of nitrogens with two attached hydrogens (primary N) is 1. The molecule has 0 spiro atoms. The quantitative estimate of drug-likeness (QED) is 0.760. The molecule has 3 N–H and O–H groups in total. The van der Waals surface area contributed by atoms with Crippen molar-refractivity contribution in [3.05, 3.63) is 72.2 Å². The van der Waals surface area contributed by atoms with E-state index in [1.807, 2.05) is 47.2 Å². The van der Waals surface area contributed by atoms with Gasteiger partial charge in [-0.1, -0.05) is 30.3 Å². The van der Waals surface area contributed by atoms with Crippen molar-refractivity contribution in [1.29, 1.82) is 0 Å². The first kappa shape index (κ1) is 14.8. The number of benzene rings is 2. The highest BCUT2D eigenvalue weighted by Gasteiger charge is 2.23. The molecule has 0 bridgehead atoms. The van der Waals surface area contributed by atoms with Gasteiger partial charge in [0, 0.05) is 11.7 Å². The number of halogens is 1. The molecule has 0 fully saturated rings. The maximum atomic E-state index is 13.6. The number of aromatic nitrogens is 1. The van der Waals surface area contributed by atoms with E-state index in [1.165, 1.54) is 12.1 Å². The molecular weight excluding hydrogens is 279 g/mol.